The third-order valence-electron chi connectivity index (χ3n) is 3.73. The number of aliphatic imine (C=N–C) groups is 1. The van der Waals surface area contributed by atoms with Gasteiger partial charge in [0.2, 0.25) is 0 Å². The lowest BCUT2D eigenvalue weighted by molar-refractivity contribution is 0.122. The van der Waals surface area contributed by atoms with Crippen LogP contribution >= 0.6 is 0 Å². The Hall–Kier alpha value is -1.82. The van der Waals surface area contributed by atoms with Crippen molar-refractivity contribution in [2.24, 2.45) is 10.7 Å². The molecule has 2 fully saturated rings. The molecule has 114 valence electrons. The zero-order valence-corrected chi connectivity index (χ0v) is 12.0. The highest BCUT2D eigenvalue weighted by Gasteiger charge is 2.21. The van der Waals surface area contributed by atoms with Crippen molar-refractivity contribution >= 4 is 11.6 Å². The third kappa shape index (κ3) is 3.85. The molecule has 0 aromatic heterocycles. The van der Waals surface area contributed by atoms with Crippen molar-refractivity contribution in [3.05, 3.63) is 29.6 Å². The smallest absolute Gasteiger partial charge is 0.189 e. The Morgan fingerprint density at radius 2 is 2.14 bits per heavy atom. The first kappa shape index (κ1) is 14.1. The minimum Gasteiger partial charge on any atom is -0.378 e. The van der Waals surface area contributed by atoms with Crippen molar-refractivity contribution in [2.45, 2.75) is 25.4 Å². The number of halogens is 1. The number of ether oxygens (including phenoxy) is 1. The summed E-state index contributed by atoms with van der Waals surface area (Å²) in [6.07, 6.45) is 2.30. The number of morpholine rings is 1. The van der Waals surface area contributed by atoms with Crippen LogP contribution in [0, 0.1) is 5.82 Å². The summed E-state index contributed by atoms with van der Waals surface area (Å²) < 4.78 is 19.5. The van der Waals surface area contributed by atoms with E-state index in [-0.39, 0.29) is 5.82 Å². The largest absolute Gasteiger partial charge is 0.378 e. The average molecular weight is 292 g/mol. The molecule has 0 bridgehead atoms. The SMILES string of the molecule is NC(=NCc1ccc(N2CCOCC2)c(F)c1)NC1CC1. The molecular formula is C15H21FN4O. The summed E-state index contributed by atoms with van der Waals surface area (Å²) >= 11 is 0. The van der Waals surface area contributed by atoms with Gasteiger partial charge in [0.15, 0.2) is 5.96 Å². The Labute approximate surface area is 124 Å². The lowest BCUT2D eigenvalue weighted by atomic mass is 10.1. The van der Waals surface area contributed by atoms with Gasteiger partial charge in [-0.15, -0.1) is 0 Å². The van der Waals surface area contributed by atoms with E-state index < -0.39 is 0 Å². The van der Waals surface area contributed by atoms with Gasteiger partial charge in [-0.3, -0.25) is 0 Å². The average Bonchev–Trinajstić information content (AvgIpc) is 3.30. The summed E-state index contributed by atoms with van der Waals surface area (Å²) in [5.41, 5.74) is 7.23. The molecule has 1 saturated carbocycles. The summed E-state index contributed by atoms with van der Waals surface area (Å²) in [5, 5.41) is 3.11. The first-order valence-corrected chi connectivity index (χ1v) is 7.40. The number of nitrogens with zero attached hydrogens (tertiary/aromatic N) is 2. The second kappa shape index (κ2) is 6.30. The molecule has 0 atom stereocenters. The van der Waals surface area contributed by atoms with Crippen molar-refractivity contribution in [3.63, 3.8) is 0 Å². The summed E-state index contributed by atoms with van der Waals surface area (Å²) in [5.74, 6) is 0.230. The van der Waals surface area contributed by atoms with Crippen molar-refractivity contribution in [2.75, 3.05) is 31.2 Å². The number of hydrogen-bond donors (Lipinski definition) is 2. The molecule has 6 heteroatoms. The van der Waals surface area contributed by atoms with Crippen LogP contribution in [-0.4, -0.2) is 38.3 Å². The van der Waals surface area contributed by atoms with Crippen LogP contribution in [0.2, 0.25) is 0 Å². The van der Waals surface area contributed by atoms with Crippen LogP contribution in [0.25, 0.3) is 0 Å². The molecular weight excluding hydrogens is 271 g/mol. The van der Waals surface area contributed by atoms with E-state index >= 15 is 0 Å². The van der Waals surface area contributed by atoms with E-state index in [2.05, 4.69) is 10.3 Å². The van der Waals surface area contributed by atoms with E-state index in [0.29, 0.717) is 37.4 Å². The highest BCUT2D eigenvalue weighted by molar-refractivity contribution is 5.78. The molecule has 3 rings (SSSR count). The van der Waals surface area contributed by atoms with Crippen molar-refractivity contribution in [1.29, 1.82) is 0 Å². The van der Waals surface area contributed by atoms with Crippen molar-refractivity contribution in [1.82, 2.24) is 5.32 Å². The molecule has 1 aromatic carbocycles. The number of nitrogens with two attached hydrogens (primary N) is 1. The van der Waals surface area contributed by atoms with Gasteiger partial charge in [0, 0.05) is 19.1 Å². The van der Waals surface area contributed by atoms with Crippen LogP contribution in [0.1, 0.15) is 18.4 Å². The van der Waals surface area contributed by atoms with E-state index in [1.165, 1.54) is 0 Å². The van der Waals surface area contributed by atoms with Gasteiger partial charge >= 0.3 is 0 Å². The maximum absolute atomic E-state index is 14.2. The first-order chi connectivity index (χ1) is 10.2. The van der Waals surface area contributed by atoms with E-state index in [1.54, 1.807) is 6.07 Å². The van der Waals surface area contributed by atoms with Crippen LogP contribution in [0.15, 0.2) is 23.2 Å². The normalized spacial score (nSPS) is 19.7. The van der Waals surface area contributed by atoms with Gasteiger partial charge in [0.25, 0.3) is 0 Å². The number of guanidine groups is 1. The molecule has 1 saturated heterocycles. The van der Waals surface area contributed by atoms with E-state index in [9.17, 15) is 4.39 Å². The Balaban J connectivity index is 1.62. The fourth-order valence-electron chi connectivity index (χ4n) is 2.37. The van der Waals surface area contributed by atoms with Crippen LogP contribution in [-0.2, 0) is 11.3 Å². The molecule has 1 aromatic rings. The zero-order valence-electron chi connectivity index (χ0n) is 12.0. The number of benzene rings is 1. The van der Waals surface area contributed by atoms with Crippen LogP contribution < -0.4 is 16.0 Å². The van der Waals surface area contributed by atoms with Gasteiger partial charge in [-0.05, 0) is 30.5 Å². The topological polar surface area (TPSA) is 62.9 Å². The summed E-state index contributed by atoms with van der Waals surface area (Å²) in [6, 6.07) is 5.74. The molecule has 1 aliphatic carbocycles. The summed E-state index contributed by atoms with van der Waals surface area (Å²) in [6.45, 7) is 3.15. The summed E-state index contributed by atoms with van der Waals surface area (Å²) in [4.78, 5) is 6.25. The highest BCUT2D eigenvalue weighted by Crippen LogP contribution is 2.22. The maximum Gasteiger partial charge on any atom is 0.189 e. The first-order valence-electron chi connectivity index (χ1n) is 7.40. The summed E-state index contributed by atoms with van der Waals surface area (Å²) in [7, 11) is 0. The quantitative estimate of drug-likeness (QED) is 0.647. The second-order valence-electron chi connectivity index (χ2n) is 5.51. The third-order valence-corrected chi connectivity index (χ3v) is 3.73. The second-order valence-corrected chi connectivity index (χ2v) is 5.51. The fourth-order valence-corrected chi connectivity index (χ4v) is 2.37. The Morgan fingerprint density at radius 3 is 2.81 bits per heavy atom. The van der Waals surface area contributed by atoms with Crippen LogP contribution in [0.5, 0.6) is 0 Å². The van der Waals surface area contributed by atoms with Crippen molar-refractivity contribution in [3.8, 4) is 0 Å². The highest BCUT2D eigenvalue weighted by atomic mass is 19.1. The lowest BCUT2D eigenvalue weighted by Crippen LogP contribution is -2.36. The number of rotatable bonds is 4. The Kier molecular flexibility index (Phi) is 4.24. The molecule has 0 amide bonds. The molecule has 0 radical (unpaired) electrons. The standard InChI is InChI=1S/C15H21FN4O/c16-13-9-11(10-18-15(17)19-12-2-3-12)1-4-14(13)20-5-7-21-8-6-20/h1,4,9,12H,2-3,5-8,10H2,(H3,17,18,19). The van der Waals surface area contributed by atoms with Gasteiger partial charge in [0.1, 0.15) is 5.82 Å². The van der Waals surface area contributed by atoms with Gasteiger partial charge in [0.05, 0.1) is 25.4 Å². The maximum atomic E-state index is 14.2. The number of anilines is 1. The molecule has 2 aliphatic rings. The fraction of sp³-hybridized carbons (Fsp3) is 0.533. The number of hydrogen-bond acceptors (Lipinski definition) is 3. The van der Waals surface area contributed by atoms with Crippen LogP contribution in [0.4, 0.5) is 10.1 Å². The molecule has 1 heterocycles. The molecule has 1 aliphatic heterocycles. The minimum absolute atomic E-state index is 0.210. The molecule has 0 unspecified atom stereocenters. The predicted octanol–water partition coefficient (Wildman–Crippen LogP) is 1.23. The minimum atomic E-state index is -0.210. The molecule has 21 heavy (non-hydrogen) atoms. The Morgan fingerprint density at radius 1 is 1.38 bits per heavy atom. The Bertz CT molecular complexity index is 524. The number of nitrogens with one attached hydrogen (secondary N) is 1. The van der Waals surface area contributed by atoms with E-state index in [4.69, 9.17) is 10.5 Å². The van der Waals surface area contributed by atoms with E-state index in [0.717, 1.165) is 31.5 Å². The molecule has 5 nitrogen and oxygen atoms in total. The van der Waals surface area contributed by atoms with Gasteiger partial charge in [-0.2, -0.15) is 0 Å². The van der Waals surface area contributed by atoms with Gasteiger partial charge in [-0.1, -0.05) is 6.07 Å². The van der Waals surface area contributed by atoms with Crippen molar-refractivity contribution < 1.29 is 9.13 Å². The lowest BCUT2D eigenvalue weighted by Gasteiger charge is -2.29. The van der Waals surface area contributed by atoms with Gasteiger partial charge < -0.3 is 20.7 Å². The molecule has 0 spiro atoms. The molecule has 3 N–H and O–H groups in total. The monoisotopic (exact) mass is 292 g/mol. The van der Waals surface area contributed by atoms with Crippen LogP contribution in [0.3, 0.4) is 0 Å². The predicted molar refractivity (Wildman–Crippen MR) is 80.9 cm³/mol. The van der Waals surface area contributed by atoms with Gasteiger partial charge in [-0.25, -0.2) is 9.38 Å². The van der Waals surface area contributed by atoms with E-state index in [1.807, 2.05) is 17.0 Å². The zero-order chi connectivity index (χ0) is 14.7.